The fraction of sp³-hybridized carbons (Fsp3) is 0.500. The van der Waals surface area contributed by atoms with Crippen LogP contribution in [0.4, 0.5) is 5.82 Å². The number of hydrogen-bond donors (Lipinski definition) is 2. The topological polar surface area (TPSA) is 62.2 Å². The summed E-state index contributed by atoms with van der Waals surface area (Å²) in [4.78, 5) is 15.0. The molecule has 1 fully saturated rings. The molecule has 4 rings (SSSR count). The second-order valence-corrected chi connectivity index (χ2v) is 7.33. The number of anilines is 1. The highest BCUT2D eigenvalue weighted by Crippen LogP contribution is 2.17. The number of nitrogens with zero attached hydrogens (tertiary/aromatic N) is 3. The van der Waals surface area contributed by atoms with Gasteiger partial charge in [-0.15, -0.1) is 0 Å². The summed E-state index contributed by atoms with van der Waals surface area (Å²) in [5.41, 5.74) is 1.20. The summed E-state index contributed by atoms with van der Waals surface area (Å²) in [6, 6.07) is 12.1. The van der Waals surface area contributed by atoms with Crippen molar-refractivity contribution in [3.63, 3.8) is 0 Å². The molecular weight excluding hydrogens is 326 g/mol. The van der Waals surface area contributed by atoms with Gasteiger partial charge in [-0.3, -0.25) is 4.79 Å². The van der Waals surface area contributed by atoms with Crippen molar-refractivity contribution >= 4 is 11.7 Å². The van der Waals surface area contributed by atoms with Gasteiger partial charge in [0.05, 0.1) is 12.2 Å². The van der Waals surface area contributed by atoms with E-state index >= 15 is 0 Å². The van der Waals surface area contributed by atoms with Gasteiger partial charge in [-0.2, -0.15) is 5.10 Å². The Morgan fingerprint density at radius 1 is 1.23 bits per heavy atom. The second-order valence-electron chi connectivity index (χ2n) is 7.33. The molecule has 26 heavy (non-hydrogen) atoms. The summed E-state index contributed by atoms with van der Waals surface area (Å²) in [5.74, 6) is 1.75. The summed E-state index contributed by atoms with van der Waals surface area (Å²) in [6.45, 7) is 4.40. The highest BCUT2D eigenvalue weighted by molar-refractivity contribution is 5.82. The highest BCUT2D eigenvalue weighted by atomic mass is 16.2. The Hall–Kier alpha value is -2.34. The Labute approximate surface area is 154 Å². The number of benzene rings is 1. The van der Waals surface area contributed by atoms with Crippen molar-refractivity contribution in [1.82, 2.24) is 20.0 Å². The van der Waals surface area contributed by atoms with Gasteiger partial charge in [0.15, 0.2) is 0 Å². The van der Waals surface area contributed by atoms with Crippen molar-refractivity contribution in [3.8, 4) is 0 Å². The van der Waals surface area contributed by atoms with Crippen LogP contribution in [0.5, 0.6) is 0 Å². The summed E-state index contributed by atoms with van der Waals surface area (Å²) < 4.78 is 2.00. The van der Waals surface area contributed by atoms with Crippen molar-refractivity contribution in [2.45, 2.75) is 31.8 Å². The smallest absolute Gasteiger partial charge is 0.240 e. The molecule has 0 radical (unpaired) electrons. The summed E-state index contributed by atoms with van der Waals surface area (Å²) in [6.07, 6.45) is 4.81. The molecule has 1 amide bonds. The summed E-state index contributed by atoms with van der Waals surface area (Å²) in [7, 11) is 0. The molecule has 1 aromatic heterocycles. The van der Waals surface area contributed by atoms with E-state index in [4.69, 9.17) is 0 Å². The van der Waals surface area contributed by atoms with Crippen molar-refractivity contribution in [1.29, 1.82) is 0 Å². The monoisotopic (exact) mass is 353 g/mol. The largest absolute Gasteiger partial charge is 0.370 e. The Kier molecular flexibility index (Phi) is 5.20. The van der Waals surface area contributed by atoms with Crippen LogP contribution in [0.2, 0.25) is 0 Å². The molecule has 2 atom stereocenters. The number of likely N-dealkylation sites (tertiary alicyclic amines) is 1. The minimum Gasteiger partial charge on any atom is -0.370 e. The molecule has 2 aliphatic heterocycles. The first-order valence-corrected chi connectivity index (χ1v) is 9.61. The zero-order chi connectivity index (χ0) is 17.8. The average molecular weight is 353 g/mol. The van der Waals surface area contributed by atoms with Gasteiger partial charge in [-0.05, 0) is 24.8 Å². The number of hydrogen-bond acceptors (Lipinski definition) is 4. The lowest BCUT2D eigenvalue weighted by Gasteiger charge is -2.29. The molecule has 1 aromatic carbocycles. The predicted octanol–water partition coefficient (Wildman–Crippen LogP) is 1.75. The number of rotatable bonds is 6. The second kappa shape index (κ2) is 7.91. The molecule has 0 spiro atoms. The molecule has 1 saturated heterocycles. The molecule has 0 unspecified atom stereocenters. The van der Waals surface area contributed by atoms with Crippen molar-refractivity contribution in [2.24, 2.45) is 5.92 Å². The molecule has 0 bridgehead atoms. The minimum absolute atomic E-state index is 0.158. The Morgan fingerprint density at radius 2 is 2.04 bits per heavy atom. The van der Waals surface area contributed by atoms with Gasteiger partial charge in [0.2, 0.25) is 5.91 Å². The number of carbonyl (C=O) groups is 1. The van der Waals surface area contributed by atoms with Gasteiger partial charge < -0.3 is 15.5 Å². The van der Waals surface area contributed by atoms with Gasteiger partial charge in [-0.1, -0.05) is 30.3 Å². The molecule has 138 valence electrons. The maximum Gasteiger partial charge on any atom is 0.240 e. The van der Waals surface area contributed by atoms with Crippen LogP contribution in [0, 0.1) is 5.92 Å². The number of amides is 1. The van der Waals surface area contributed by atoms with E-state index in [9.17, 15) is 4.79 Å². The SMILES string of the molecule is O=C([C@@H](Cc1ccccc1)NC[C@H]1CNc2ccnn2C1)N1CCCC1. The van der Waals surface area contributed by atoms with Crippen LogP contribution in [0.3, 0.4) is 0 Å². The molecule has 6 nitrogen and oxygen atoms in total. The van der Waals surface area contributed by atoms with Crippen LogP contribution >= 0.6 is 0 Å². The van der Waals surface area contributed by atoms with E-state index in [0.717, 1.165) is 57.8 Å². The fourth-order valence-electron chi connectivity index (χ4n) is 3.89. The van der Waals surface area contributed by atoms with Crippen molar-refractivity contribution in [2.75, 3.05) is 31.5 Å². The Morgan fingerprint density at radius 3 is 2.85 bits per heavy atom. The van der Waals surface area contributed by atoms with Gasteiger partial charge in [0.25, 0.3) is 0 Å². The number of fused-ring (bicyclic) bond motifs is 1. The zero-order valence-corrected chi connectivity index (χ0v) is 15.1. The lowest BCUT2D eigenvalue weighted by Crippen LogP contribution is -2.49. The quantitative estimate of drug-likeness (QED) is 0.831. The van der Waals surface area contributed by atoms with E-state index in [1.165, 1.54) is 5.56 Å². The third-order valence-corrected chi connectivity index (χ3v) is 5.37. The van der Waals surface area contributed by atoms with Crippen LogP contribution in [0.25, 0.3) is 0 Å². The molecule has 2 N–H and O–H groups in total. The van der Waals surface area contributed by atoms with Gasteiger partial charge in [0, 0.05) is 44.7 Å². The summed E-state index contributed by atoms with van der Waals surface area (Å²) in [5, 5.41) is 11.3. The fourth-order valence-corrected chi connectivity index (χ4v) is 3.89. The molecule has 0 aliphatic carbocycles. The lowest BCUT2D eigenvalue weighted by molar-refractivity contribution is -0.132. The molecular formula is C20H27N5O. The Bertz CT molecular complexity index is 723. The van der Waals surface area contributed by atoms with E-state index in [-0.39, 0.29) is 11.9 Å². The highest BCUT2D eigenvalue weighted by Gasteiger charge is 2.28. The molecule has 0 saturated carbocycles. The summed E-state index contributed by atoms with van der Waals surface area (Å²) >= 11 is 0. The first-order chi connectivity index (χ1) is 12.8. The lowest BCUT2D eigenvalue weighted by atomic mass is 10.0. The maximum atomic E-state index is 13.0. The molecule has 3 heterocycles. The van der Waals surface area contributed by atoms with Gasteiger partial charge in [0.1, 0.15) is 5.82 Å². The van der Waals surface area contributed by atoms with Gasteiger partial charge in [-0.25, -0.2) is 4.68 Å². The number of nitrogens with one attached hydrogen (secondary N) is 2. The minimum atomic E-state index is -0.158. The number of aromatic nitrogens is 2. The standard InChI is InChI=1S/C20H27N5O/c26-20(24-10-4-5-11-24)18(12-16-6-2-1-3-7-16)21-13-17-14-22-19-8-9-23-25(19)15-17/h1-3,6-9,17-18,21-22H,4-5,10-15H2/t17-,18+/m0/s1. The molecule has 2 aliphatic rings. The third kappa shape index (κ3) is 3.90. The first-order valence-electron chi connectivity index (χ1n) is 9.61. The third-order valence-electron chi connectivity index (χ3n) is 5.37. The normalized spacial score (nSPS) is 20.5. The van der Waals surface area contributed by atoms with E-state index < -0.39 is 0 Å². The molecule has 2 aromatic rings. The van der Waals surface area contributed by atoms with E-state index in [1.807, 2.05) is 40.0 Å². The Balaban J connectivity index is 1.40. The van der Waals surface area contributed by atoms with Crippen LogP contribution in [-0.2, 0) is 17.8 Å². The van der Waals surface area contributed by atoms with Crippen LogP contribution in [0.1, 0.15) is 18.4 Å². The van der Waals surface area contributed by atoms with Gasteiger partial charge >= 0.3 is 0 Å². The van der Waals surface area contributed by atoms with E-state index in [0.29, 0.717) is 5.92 Å². The predicted molar refractivity (Wildman–Crippen MR) is 102 cm³/mol. The van der Waals surface area contributed by atoms with Crippen LogP contribution in [0.15, 0.2) is 42.6 Å². The average Bonchev–Trinajstić information content (AvgIpc) is 3.36. The zero-order valence-electron chi connectivity index (χ0n) is 15.1. The maximum absolute atomic E-state index is 13.0. The molecule has 6 heteroatoms. The van der Waals surface area contributed by atoms with Crippen molar-refractivity contribution < 1.29 is 4.79 Å². The van der Waals surface area contributed by atoms with Crippen LogP contribution in [-0.4, -0.2) is 52.8 Å². The van der Waals surface area contributed by atoms with Crippen molar-refractivity contribution in [3.05, 3.63) is 48.2 Å². The van der Waals surface area contributed by atoms with Crippen LogP contribution < -0.4 is 10.6 Å². The first kappa shape index (κ1) is 17.1. The number of carbonyl (C=O) groups excluding carboxylic acids is 1. The van der Waals surface area contributed by atoms with E-state index in [1.54, 1.807) is 0 Å². The van der Waals surface area contributed by atoms with E-state index in [2.05, 4.69) is 27.9 Å².